The topological polar surface area (TPSA) is 128 Å². The number of nitrogens with one attached hydrogen (secondary N) is 1. The Hall–Kier alpha value is -1.27. The van der Waals surface area contributed by atoms with Gasteiger partial charge in [-0.2, -0.15) is 4.31 Å². The summed E-state index contributed by atoms with van der Waals surface area (Å²) < 4.78 is 31.4. The molecule has 0 spiro atoms. The van der Waals surface area contributed by atoms with E-state index in [2.05, 4.69) is 5.43 Å². The van der Waals surface area contributed by atoms with Gasteiger partial charge in [-0.3, -0.25) is 10.1 Å². The number of nitrogens with two attached hydrogens (primary N) is 1. The zero-order valence-corrected chi connectivity index (χ0v) is 12.9. The predicted octanol–water partition coefficient (Wildman–Crippen LogP) is 0.741. The number of hydrogen-bond acceptors (Lipinski definition) is 8. The molecule has 3 N–H and O–H groups in total. The maximum absolute atomic E-state index is 12.5. The first kappa shape index (κ1) is 16.1. The summed E-state index contributed by atoms with van der Waals surface area (Å²) in [6.07, 6.45) is 1.20. The van der Waals surface area contributed by atoms with E-state index in [1.165, 1.54) is 11.4 Å². The standard InChI is InChI=1S/C10H16N4O5S2/c1-13(7-2-4-19-5-3-7)21(17,18)9-6-8(14(15)16)10(12-11)20-9/h6-7,12H,2-5,11H2,1H3. The van der Waals surface area contributed by atoms with Gasteiger partial charge in [-0.1, -0.05) is 11.3 Å². The second kappa shape index (κ2) is 6.23. The summed E-state index contributed by atoms with van der Waals surface area (Å²) >= 11 is 0.748. The third kappa shape index (κ3) is 3.16. The number of anilines is 1. The fraction of sp³-hybridized carbons (Fsp3) is 0.600. The maximum atomic E-state index is 12.5. The smallest absolute Gasteiger partial charge is 0.306 e. The highest BCUT2D eigenvalue weighted by Gasteiger charge is 2.33. The number of hydrazine groups is 1. The van der Waals surface area contributed by atoms with Crippen LogP contribution >= 0.6 is 11.3 Å². The summed E-state index contributed by atoms with van der Waals surface area (Å²) in [4.78, 5) is 10.2. The van der Waals surface area contributed by atoms with Crippen molar-refractivity contribution in [2.75, 3.05) is 25.7 Å². The molecule has 21 heavy (non-hydrogen) atoms. The minimum Gasteiger partial charge on any atom is -0.381 e. The van der Waals surface area contributed by atoms with Crippen molar-refractivity contribution in [1.29, 1.82) is 0 Å². The van der Waals surface area contributed by atoms with Gasteiger partial charge in [0.2, 0.25) is 0 Å². The van der Waals surface area contributed by atoms with Crippen molar-refractivity contribution in [2.45, 2.75) is 23.1 Å². The Balaban J connectivity index is 2.32. The molecule has 1 aromatic rings. The SMILES string of the molecule is CN(C1CCOCC1)S(=O)(=O)c1cc([N+](=O)[O-])c(NN)s1. The zero-order chi connectivity index (χ0) is 15.6. The molecule has 1 fully saturated rings. The lowest BCUT2D eigenvalue weighted by Crippen LogP contribution is -2.40. The lowest BCUT2D eigenvalue weighted by molar-refractivity contribution is -0.383. The summed E-state index contributed by atoms with van der Waals surface area (Å²) in [5.41, 5.74) is 1.82. The van der Waals surface area contributed by atoms with Crippen LogP contribution in [0.5, 0.6) is 0 Å². The van der Waals surface area contributed by atoms with E-state index in [1.54, 1.807) is 0 Å². The largest absolute Gasteiger partial charge is 0.381 e. The highest BCUT2D eigenvalue weighted by atomic mass is 32.2. The molecule has 2 rings (SSSR count). The lowest BCUT2D eigenvalue weighted by Gasteiger charge is -2.29. The Bertz CT molecular complexity index is 623. The average molecular weight is 336 g/mol. The van der Waals surface area contributed by atoms with Crippen LogP contribution in [0.2, 0.25) is 0 Å². The van der Waals surface area contributed by atoms with Crippen molar-refractivity contribution in [3.63, 3.8) is 0 Å². The molecule has 0 bridgehead atoms. The van der Waals surface area contributed by atoms with E-state index < -0.39 is 14.9 Å². The quantitative estimate of drug-likeness (QED) is 0.461. The number of nitro groups is 1. The van der Waals surface area contributed by atoms with Crippen molar-refractivity contribution in [3.8, 4) is 0 Å². The van der Waals surface area contributed by atoms with Gasteiger partial charge in [-0.05, 0) is 12.8 Å². The number of sulfonamides is 1. The first-order chi connectivity index (χ1) is 9.87. The highest BCUT2D eigenvalue weighted by molar-refractivity contribution is 7.91. The first-order valence-corrected chi connectivity index (χ1v) is 8.44. The average Bonchev–Trinajstić information content (AvgIpc) is 2.92. The Morgan fingerprint density at radius 2 is 2.14 bits per heavy atom. The minimum absolute atomic E-state index is 0.0129. The van der Waals surface area contributed by atoms with Gasteiger partial charge in [0.25, 0.3) is 10.0 Å². The van der Waals surface area contributed by atoms with Gasteiger partial charge < -0.3 is 10.2 Å². The van der Waals surface area contributed by atoms with Gasteiger partial charge in [0.15, 0.2) is 5.00 Å². The number of rotatable bonds is 5. The van der Waals surface area contributed by atoms with E-state index in [0.29, 0.717) is 26.1 Å². The normalized spacial score (nSPS) is 17.1. The Morgan fingerprint density at radius 3 is 2.62 bits per heavy atom. The van der Waals surface area contributed by atoms with E-state index in [9.17, 15) is 18.5 Å². The van der Waals surface area contributed by atoms with Gasteiger partial charge in [-0.15, -0.1) is 0 Å². The van der Waals surface area contributed by atoms with Crippen LogP contribution in [0.25, 0.3) is 0 Å². The number of hydrogen-bond donors (Lipinski definition) is 2. The molecule has 1 aromatic heterocycles. The third-order valence-corrected chi connectivity index (χ3v) is 6.77. The Labute approximate surface area is 125 Å². The molecule has 0 unspecified atom stereocenters. The third-order valence-electron chi connectivity index (χ3n) is 3.36. The minimum atomic E-state index is -3.79. The second-order valence-corrected chi connectivity index (χ2v) is 7.82. The molecule has 0 amide bonds. The van der Waals surface area contributed by atoms with Gasteiger partial charge in [0, 0.05) is 32.4 Å². The van der Waals surface area contributed by atoms with Gasteiger partial charge >= 0.3 is 5.69 Å². The van der Waals surface area contributed by atoms with Crippen LogP contribution in [-0.2, 0) is 14.8 Å². The molecule has 9 nitrogen and oxygen atoms in total. The van der Waals surface area contributed by atoms with Crippen LogP contribution in [0.1, 0.15) is 12.8 Å². The van der Waals surface area contributed by atoms with Gasteiger partial charge in [0.1, 0.15) is 4.21 Å². The van der Waals surface area contributed by atoms with E-state index in [-0.39, 0.29) is 20.9 Å². The number of ether oxygens (including phenoxy) is 1. The molecule has 11 heteroatoms. The molecule has 1 aliphatic rings. The van der Waals surface area contributed by atoms with Crippen LogP contribution < -0.4 is 11.3 Å². The monoisotopic (exact) mass is 336 g/mol. The van der Waals surface area contributed by atoms with Crippen molar-refractivity contribution in [2.24, 2.45) is 5.84 Å². The van der Waals surface area contributed by atoms with E-state index in [0.717, 1.165) is 17.4 Å². The van der Waals surface area contributed by atoms with Crippen molar-refractivity contribution in [1.82, 2.24) is 4.31 Å². The fourth-order valence-electron chi connectivity index (χ4n) is 2.11. The number of thiophene rings is 1. The van der Waals surface area contributed by atoms with Crippen LogP contribution in [0.3, 0.4) is 0 Å². The number of nitrogens with zero attached hydrogens (tertiary/aromatic N) is 2. The Morgan fingerprint density at radius 1 is 1.52 bits per heavy atom. The van der Waals surface area contributed by atoms with Crippen molar-refractivity contribution in [3.05, 3.63) is 16.2 Å². The molecule has 118 valence electrons. The fourth-order valence-corrected chi connectivity index (χ4v) is 4.95. The van der Waals surface area contributed by atoms with Crippen LogP contribution in [0, 0.1) is 10.1 Å². The maximum Gasteiger partial charge on any atom is 0.306 e. The van der Waals surface area contributed by atoms with Crippen LogP contribution in [-0.4, -0.2) is 43.9 Å². The van der Waals surface area contributed by atoms with Gasteiger partial charge in [-0.25, -0.2) is 14.3 Å². The van der Waals surface area contributed by atoms with E-state index in [4.69, 9.17) is 10.6 Å². The highest BCUT2D eigenvalue weighted by Crippen LogP contribution is 2.38. The van der Waals surface area contributed by atoms with E-state index >= 15 is 0 Å². The lowest BCUT2D eigenvalue weighted by atomic mass is 10.1. The summed E-state index contributed by atoms with van der Waals surface area (Å²) in [6.45, 7) is 1.01. The first-order valence-electron chi connectivity index (χ1n) is 6.18. The molecule has 1 saturated heterocycles. The summed E-state index contributed by atoms with van der Waals surface area (Å²) in [6, 6.07) is 0.865. The predicted molar refractivity (Wildman–Crippen MR) is 77.6 cm³/mol. The summed E-state index contributed by atoms with van der Waals surface area (Å²) in [5, 5.41) is 10.9. The molecular formula is C10H16N4O5S2. The number of nitrogen functional groups attached to an aromatic ring is 1. The van der Waals surface area contributed by atoms with Crippen molar-refractivity contribution >= 4 is 32.0 Å². The van der Waals surface area contributed by atoms with E-state index in [1.807, 2.05) is 0 Å². The molecule has 0 radical (unpaired) electrons. The molecule has 0 aromatic carbocycles. The molecule has 0 saturated carbocycles. The second-order valence-electron chi connectivity index (χ2n) is 4.55. The summed E-state index contributed by atoms with van der Waals surface area (Å²) in [7, 11) is -2.31. The van der Waals surface area contributed by atoms with Crippen molar-refractivity contribution < 1.29 is 18.1 Å². The molecule has 2 heterocycles. The Kier molecular flexibility index (Phi) is 4.78. The summed E-state index contributed by atoms with van der Waals surface area (Å²) in [5.74, 6) is 5.19. The molecular weight excluding hydrogens is 320 g/mol. The zero-order valence-electron chi connectivity index (χ0n) is 11.3. The van der Waals surface area contributed by atoms with Crippen LogP contribution in [0.4, 0.5) is 10.7 Å². The molecule has 1 aliphatic heterocycles. The van der Waals surface area contributed by atoms with Gasteiger partial charge in [0.05, 0.1) is 4.92 Å². The molecule has 0 atom stereocenters. The molecule has 0 aliphatic carbocycles. The van der Waals surface area contributed by atoms with Crippen LogP contribution in [0.15, 0.2) is 10.3 Å².